The van der Waals surface area contributed by atoms with E-state index in [0.29, 0.717) is 5.02 Å². The summed E-state index contributed by atoms with van der Waals surface area (Å²) in [6, 6.07) is 2.09. The molecule has 2 rings (SSSR count). The number of pyridine rings is 1. The molecule has 0 saturated heterocycles. The summed E-state index contributed by atoms with van der Waals surface area (Å²) >= 11 is 6.28. The van der Waals surface area contributed by atoms with Gasteiger partial charge in [-0.15, -0.1) is 0 Å². The van der Waals surface area contributed by atoms with Gasteiger partial charge in [0.25, 0.3) is 0 Å². The Hall–Kier alpha value is -1.39. The lowest BCUT2D eigenvalue weighted by Crippen LogP contribution is -2.23. The van der Waals surface area contributed by atoms with Crippen LogP contribution in [0.3, 0.4) is 0 Å². The molecule has 0 spiro atoms. The smallest absolute Gasteiger partial charge is 0.0937 e. The summed E-state index contributed by atoms with van der Waals surface area (Å²) in [5.74, 6) is 0. The minimum atomic E-state index is -0.0458. The van der Waals surface area contributed by atoms with E-state index in [4.69, 9.17) is 11.6 Å². The molecule has 0 fully saturated rings. The molecular formula is C14H19ClN4. The van der Waals surface area contributed by atoms with Gasteiger partial charge in [-0.3, -0.25) is 9.67 Å². The maximum atomic E-state index is 6.28. The van der Waals surface area contributed by atoms with E-state index in [1.54, 1.807) is 6.20 Å². The predicted molar refractivity (Wildman–Crippen MR) is 77.5 cm³/mol. The Morgan fingerprint density at radius 1 is 1.37 bits per heavy atom. The van der Waals surface area contributed by atoms with Gasteiger partial charge in [-0.1, -0.05) is 17.7 Å². The molecule has 0 aliphatic rings. The van der Waals surface area contributed by atoms with E-state index in [0.717, 1.165) is 29.1 Å². The summed E-state index contributed by atoms with van der Waals surface area (Å²) in [7, 11) is 1.91. The largest absolute Gasteiger partial charge is 0.307 e. The molecule has 102 valence electrons. The third-order valence-corrected chi connectivity index (χ3v) is 3.52. The van der Waals surface area contributed by atoms with E-state index in [2.05, 4.69) is 35.3 Å². The molecule has 0 radical (unpaired) electrons. The quantitative estimate of drug-likeness (QED) is 0.935. The second-order valence-corrected chi connectivity index (χ2v) is 5.04. The van der Waals surface area contributed by atoms with Crippen LogP contribution in [0.15, 0.2) is 18.5 Å². The molecular weight excluding hydrogens is 260 g/mol. The molecule has 1 N–H and O–H groups in total. The van der Waals surface area contributed by atoms with Crippen LogP contribution in [0, 0.1) is 13.8 Å². The highest BCUT2D eigenvalue weighted by Crippen LogP contribution is 2.28. The van der Waals surface area contributed by atoms with Gasteiger partial charge in [-0.05, 0) is 38.9 Å². The molecule has 2 heterocycles. The zero-order chi connectivity index (χ0) is 14.0. The van der Waals surface area contributed by atoms with Gasteiger partial charge in [-0.2, -0.15) is 5.10 Å². The number of nitrogens with one attached hydrogen (secondary N) is 1. The summed E-state index contributed by atoms with van der Waals surface area (Å²) in [6.45, 7) is 6.95. The Kier molecular flexibility index (Phi) is 4.22. The second kappa shape index (κ2) is 5.72. The minimum absolute atomic E-state index is 0.0458. The third kappa shape index (κ3) is 2.65. The average molecular weight is 279 g/mol. The first kappa shape index (κ1) is 14.0. The molecule has 0 aromatic carbocycles. The molecule has 0 aliphatic heterocycles. The summed E-state index contributed by atoms with van der Waals surface area (Å²) in [4.78, 5) is 4.56. The van der Waals surface area contributed by atoms with Crippen LogP contribution in [-0.4, -0.2) is 21.8 Å². The van der Waals surface area contributed by atoms with Gasteiger partial charge in [0.2, 0.25) is 0 Å². The van der Waals surface area contributed by atoms with Gasteiger partial charge in [0.15, 0.2) is 0 Å². The topological polar surface area (TPSA) is 42.7 Å². The first-order valence-electron chi connectivity index (χ1n) is 6.40. The van der Waals surface area contributed by atoms with Crippen LogP contribution < -0.4 is 5.32 Å². The number of nitrogens with zero attached hydrogens (tertiary/aromatic N) is 3. The van der Waals surface area contributed by atoms with Crippen molar-refractivity contribution in [3.63, 3.8) is 0 Å². The second-order valence-electron chi connectivity index (χ2n) is 4.63. The molecule has 1 unspecified atom stereocenters. The van der Waals surface area contributed by atoms with Crippen molar-refractivity contribution in [2.24, 2.45) is 0 Å². The fourth-order valence-electron chi connectivity index (χ4n) is 2.34. The predicted octanol–water partition coefficient (Wildman–Crippen LogP) is 2.88. The van der Waals surface area contributed by atoms with Crippen molar-refractivity contribution in [3.05, 3.63) is 46.0 Å². The Morgan fingerprint density at radius 3 is 2.68 bits per heavy atom. The lowest BCUT2D eigenvalue weighted by Gasteiger charge is -2.19. The van der Waals surface area contributed by atoms with Crippen molar-refractivity contribution in [2.75, 3.05) is 7.05 Å². The van der Waals surface area contributed by atoms with Gasteiger partial charge < -0.3 is 5.32 Å². The van der Waals surface area contributed by atoms with Crippen LogP contribution in [-0.2, 0) is 6.54 Å². The van der Waals surface area contributed by atoms with Crippen molar-refractivity contribution >= 4 is 11.6 Å². The molecule has 4 nitrogen and oxygen atoms in total. The van der Waals surface area contributed by atoms with Gasteiger partial charge in [0.1, 0.15) is 0 Å². The fourth-order valence-corrected chi connectivity index (χ4v) is 2.59. The molecule has 1 atom stereocenters. The zero-order valence-corrected chi connectivity index (χ0v) is 12.5. The Morgan fingerprint density at radius 2 is 2.11 bits per heavy atom. The summed E-state index contributed by atoms with van der Waals surface area (Å²) in [6.07, 6.45) is 3.57. The molecule has 19 heavy (non-hydrogen) atoms. The van der Waals surface area contributed by atoms with E-state index in [-0.39, 0.29) is 6.04 Å². The fraction of sp³-hybridized carbons (Fsp3) is 0.429. The summed E-state index contributed by atoms with van der Waals surface area (Å²) in [5.41, 5.74) is 4.27. The maximum Gasteiger partial charge on any atom is 0.0937 e. The standard InChI is InChI=1S/C14H19ClN4/c1-5-19-14(11(15)8-18-19)13(16-4)12-10(3)6-9(2)7-17-12/h6-8,13,16H,5H2,1-4H3. The van der Waals surface area contributed by atoms with Crippen molar-refractivity contribution in [1.82, 2.24) is 20.1 Å². The number of aromatic nitrogens is 3. The van der Waals surface area contributed by atoms with Crippen LogP contribution >= 0.6 is 11.6 Å². The van der Waals surface area contributed by atoms with E-state index >= 15 is 0 Å². The van der Waals surface area contributed by atoms with E-state index in [9.17, 15) is 0 Å². The highest BCUT2D eigenvalue weighted by Gasteiger charge is 2.22. The maximum absolute atomic E-state index is 6.28. The highest BCUT2D eigenvalue weighted by atomic mass is 35.5. The van der Waals surface area contributed by atoms with Crippen molar-refractivity contribution < 1.29 is 0 Å². The lowest BCUT2D eigenvalue weighted by molar-refractivity contribution is 0.554. The molecule has 0 saturated carbocycles. The number of aryl methyl sites for hydroxylation is 3. The molecule has 5 heteroatoms. The molecule has 0 amide bonds. The van der Waals surface area contributed by atoms with Crippen molar-refractivity contribution in [3.8, 4) is 0 Å². The van der Waals surface area contributed by atoms with Gasteiger partial charge >= 0.3 is 0 Å². The Labute approximate surface area is 118 Å². The van der Waals surface area contributed by atoms with Crippen molar-refractivity contribution in [1.29, 1.82) is 0 Å². The Balaban J connectivity index is 2.52. The first-order chi connectivity index (χ1) is 9.08. The summed E-state index contributed by atoms with van der Waals surface area (Å²) < 4.78 is 1.91. The number of rotatable bonds is 4. The number of hydrogen-bond acceptors (Lipinski definition) is 3. The zero-order valence-electron chi connectivity index (χ0n) is 11.7. The number of halogens is 1. The van der Waals surface area contributed by atoms with E-state index in [1.807, 2.05) is 24.9 Å². The highest BCUT2D eigenvalue weighted by molar-refractivity contribution is 6.31. The van der Waals surface area contributed by atoms with E-state index < -0.39 is 0 Å². The SMILES string of the molecule is CCn1ncc(Cl)c1C(NC)c1ncc(C)cc1C. The normalized spacial score (nSPS) is 12.7. The van der Waals surface area contributed by atoms with Gasteiger partial charge in [0, 0.05) is 12.7 Å². The van der Waals surface area contributed by atoms with Gasteiger partial charge in [0.05, 0.1) is 28.6 Å². The molecule has 2 aromatic heterocycles. The summed E-state index contributed by atoms with van der Waals surface area (Å²) in [5, 5.41) is 8.25. The van der Waals surface area contributed by atoms with Crippen LogP contribution in [0.2, 0.25) is 5.02 Å². The molecule has 0 aliphatic carbocycles. The minimum Gasteiger partial charge on any atom is -0.307 e. The average Bonchev–Trinajstić information content (AvgIpc) is 2.74. The molecule has 2 aromatic rings. The van der Waals surface area contributed by atoms with E-state index in [1.165, 1.54) is 0 Å². The molecule has 0 bridgehead atoms. The van der Waals surface area contributed by atoms with Crippen LogP contribution in [0.5, 0.6) is 0 Å². The van der Waals surface area contributed by atoms with Crippen LogP contribution in [0.4, 0.5) is 0 Å². The van der Waals surface area contributed by atoms with Gasteiger partial charge in [-0.25, -0.2) is 0 Å². The monoisotopic (exact) mass is 278 g/mol. The lowest BCUT2D eigenvalue weighted by atomic mass is 10.0. The van der Waals surface area contributed by atoms with Crippen LogP contribution in [0.25, 0.3) is 0 Å². The first-order valence-corrected chi connectivity index (χ1v) is 6.77. The Bertz CT molecular complexity index is 577. The third-order valence-electron chi connectivity index (χ3n) is 3.22. The number of hydrogen-bond donors (Lipinski definition) is 1. The van der Waals surface area contributed by atoms with Crippen LogP contribution in [0.1, 0.15) is 35.5 Å². The van der Waals surface area contributed by atoms with Crippen molar-refractivity contribution in [2.45, 2.75) is 33.4 Å².